The van der Waals surface area contributed by atoms with Crippen molar-refractivity contribution < 1.29 is 20.1 Å². The van der Waals surface area contributed by atoms with Gasteiger partial charge in [0.05, 0.1) is 19.8 Å². The van der Waals surface area contributed by atoms with Gasteiger partial charge < -0.3 is 25.1 Å². The first kappa shape index (κ1) is 16.3. The number of carbonyl (C=O) groups is 1. The lowest BCUT2D eigenvalue weighted by molar-refractivity contribution is -0.128. The van der Waals surface area contributed by atoms with E-state index in [1.807, 2.05) is 11.9 Å². The molecule has 1 aliphatic heterocycles. The van der Waals surface area contributed by atoms with E-state index in [-0.39, 0.29) is 25.7 Å². The zero-order valence-corrected chi connectivity index (χ0v) is 10.5. The van der Waals surface area contributed by atoms with Gasteiger partial charge in [-0.15, -0.1) is 0 Å². The molecule has 0 saturated carbocycles. The van der Waals surface area contributed by atoms with Gasteiger partial charge in [-0.2, -0.15) is 0 Å². The summed E-state index contributed by atoms with van der Waals surface area (Å²) in [6.45, 7) is 3.04. The van der Waals surface area contributed by atoms with Crippen LogP contribution in [0.1, 0.15) is 12.8 Å². The van der Waals surface area contributed by atoms with Crippen LogP contribution in [0.15, 0.2) is 0 Å². The van der Waals surface area contributed by atoms with E-state index >= 15 is 0 Å². The average molecular weight is 248 g/mol. The zero-order valence-electron chi connectivity index (χ0n) is 10.5. The highest BCUT2D eigenvalue weighted by Gasteiger charge is 2.18. The Bertz CT molecular complexity index is 196. The van der Waals surface area contributed by atoms with E-state index in [0.29, 0.717) is 26.1 Å². The van der Waals surface area contributed by atoms with Crippen molar-refractivity contribution in [2.24, 2.45) is 0 Å². The van der Waals surface area contributed by atoms with Gasteiger partial charge in [0.2, 0.25) is 5.91 Å². The van der Waals surface area contributed by atoms with Gasteiger partial charge in [-0.05, 0) is 13.5 Å². The van der Waals surface area contributed by atoms with Crippen molar-refractivity contribution in [2.45, 2.75) is 12.8 Å². The highest BCUT2D eigenvalue weighted by atomic mass is 16.3. The van der Waals surface area contributed by atoms with Crippen molar-refractivity contribution in [1.82, 2.24) is 9.80 Å². The average Bonchev–Trinajstić information content (AvgIpc) is 2.67. The minimum atomic E-state index is 0.0890. The standard InChI is InChI=1S/C6H11NO2.C5H13NO2/c8-5-4-7-3-1-2-6(7)9;1-6(2-4-7)3-5-8/h8H,1-5H2;7-8H,2-5H2,1H3. The Labute approximate surface area is 102 Å². The zero-order chi connectivity index (χ0) is 13.1. The fourth-order valence-electron chi connectivity index (χ4n) is 1.51. The van der Waals surface area contributed by atoms with E-state index in [4.69, 9.17) is 15.3 Å². The number of carbonyl (C=O) groups excluding carboxylic acids is 1. The van der Waals surface area contributed by atoms with Crippen molar-refractivity contribution in [2.75, 3.05) is 53.0 Å². The number of likely N-dealkylation sites (tertiary alicyclic amines) is 1. The first-order chi connectivity index (χ1) is 8.15. The summed E-state index contributed by atoms with van der Waals surface area (Å²) in [6.07, 6.45) is 1.62. The van der Waals surface area contributed by atoms with E-state index in [1.165, 1.54) is 0 Å². The second-order valence-electron chi connectivity index (χ2n) is 3.96. The molecule has 3 N–H and O–H groups in total. The van der Waals surface area contributed by atoms with Crippen molar-refractivity contribution in [3.63, 3.8) is 0 Å². The minimum absolute atomic E-state index is 0.0890. The molecule has 6 nitrogen and oxygen atoms in total. The van der Waals surface area contributed by atoms with E-state index < -0.39 is 0 Å². The maximum absolute atomic E-state index is 10.8. The SMILES string of the molecule is CN(CCO)CCO.O=C1CCCN1CCO. The van der Waals surface area contributed by atoms with Crippen LogP contribution in [0.5, 0.6) is 0 Å². The molecular weight excluding hydrogens is 224 g/mol. The molecule has 1 aliphatic rings. The van der Waals surface area contributed by atoms with Crippen LogP contribution in [0.25, 0.3) is 0 Å². The van der Waals surface area contributed by atoms with Crippen molar-refractivity contribution in [3.05, 3.63) is 0 Å². The van der Waals surface area contributed by atoms with Crippen molar-refractivity contribution >= 4 is 5.91 Å². The first-order valence-corrected chi connectivity index (χ1v) is 5.94. The van der Waals surface area contributed by atoms with Gasteiger partial charge in [-0.3, -0.25) is 4.79 Å². The summed E-state index contributed by atoms with van der Waals surface area (Å²) in [7, 11) is 1.85. The van der Waals surface area contributed by atoms with Crippen LogP contribution in [0.2, 0.25) is 0 Å². The molecule has 0 aromatic carbocycles. The fraction of sp³-hybridized carbons (Fsp3) is 0.909. The van der Waals surface area contributed by atoms with E-state index in [1.54, 1.807) is 4.90 Å². The molecule has 102 valence electrons. The molecule has 0 radical (unpaired) electrons. The second kappa shape index (κ2) is 10.5. The molecule has 1 fully saturated rings. The number of hydrogen-bond donors (Lipinski definition) is 3. The number of amides is 1. The summed E-state index contributed by atoms with van der Waals surface area (Å²) in [5.41, 5.74) is 0. The van der Waals surface area contributed by atoms with Gasteiger partial charge in [-0.25, -0.2) is 0 Å². The number of β-amino-alcohol motifs (C(OH)–C–C–N with tert-alkyl or cyclic N) is 1. The molecule has 17 heavy (non-hydrogen) atoms. The molecule has 1 heterocycles. The Morgan fingerprint density at radius 2 is 1.76 bits per heavy atom. The number of hydrogen-bond acceptors (Lipinski definition) is 5. The maximum atomic E-state index is 10.8. The van der Waals surface area contributed by atoms with E-state index in [9.17, 15) is 4.79 Å². The molecule has 1 saturated heterocycles. The number of rotatable bonds is 6. The quantitative estimate of drug-likeness (QED) is 0.533. The van der Waals surface area contributed by atoms with Crippen molar-refractivity contribution in [3.8, 4) is 0 Å². The van der Waals surface area contributed by atoms with Gasteiger partial charge in [0, 0.05) is 32.6 Å². The third-order valence-electron chi connectivity index (χ3n) is 2.50. The van der Waals surface area contributed by atoms with Crippen LogP contribution < -0.4 is 0 Å². The third kappa shape index (κ3) is 8.09. The summed E-state index contributed by atoms with van der Waals surface area (Å²) in [5, 5.41) is 25.1. The lowest BCUT2D eigenvalue weighted by Crippen LogP contribution is -2.27. The number of aliphatic hydroxyl groups excluding tert-OH is 3. The molecule has 0 spiro atoms. The van der Waals surface area contributed by atoms with Crippen LogP contribution in [0.3, 0.4) is 0 Å². The predicted octanol–water partition coefficient (Wildman–Crippen LogP) is -1.50. The molecule has 0 aromatic rings. The molecule has 0 aromatic heterocycles. The number of nitrogens with zero attached hydrogens (tertiary/aromatic N) is 2. The summed E-state index contributed by atoms with van der Waals surface area (Å²) in [5.74, 6) is 0.184. The van der Waals surface area contributed by atoms with Crippen LogP contribution in [-0.2, 0) is 4.79 Å². The van der Waals surface area contributed by atoms with Gasteiger partial charge in [0.15, 0.2) is 0 Å². The molecule has 1 rings (SSSR count). The van der Waals surface area contributed by atoms with Gasteiger partial charge in [0.25, 0.3) is 0 Å². The Balaban J connectivity index is 0.000000304. The Morgan fingerprint density at radius 1 is 1.18 bits per heavy atom. The summed E-state index contributed by atoms with van der Waals surface area (Å²) < 4.78 is 0. The lowest BCUT2D eigenvalue weighted by atomic mass is 10.4. The molecule has 0 atom stereocenters. The normalized spacial score (nSPS) is 15.1. The minimum Gasteiger partial charge on any atom is -0.395 e. The topological polar surface area (TPSA) is 84.2 Å². The van der Waals surface area contributed by atoms with E-state index in [0.717, 1.165) is 13.0 Å². The maximum Gasteiger partial charge on any atom is 0.222 e. The predicted molar refractivity (Wildman–Crippen MR) is 64.6 cm³/mol. The second-order valence-corrected chi connectivity index (χ2v) is 3.96. The number of aliphatic hydroxyl groups is 3. The highest BCUT2D eigenvalue weighted by molar-refractivity contribution is 5.77. The molecule has 6 heteroatoms. The monoisotopic (exact) mass is 248 g/mol. The molecular formula is C11H24N2O4. The largest absolute Gasteiger partial charge is 0.395 e. The lowest BCUT2D eigenvalue weighted by Gasteiger charge is -2.11. The fourth-order valence-corrected chi connectivity index (χ4v) is 1.51. The smallest absolute Gasteiger partial charge is 0.222 e. The van der Waals surface area contributed by atoms with Crippen LogP contribution >= 0.6 is 0 Å². The van der Waals surface area contributed by atoms with Gasteiger partial charge >= 0.3 is 0 Å². The van der Waals surface area contributed by atoms with Crippen LogP contribution in [0, 0.1) is 0 Å². The van der Waals surface area contributed by atoms with Crippen molar-refractivity contribution in [1.29, 1.82) is 0 Å². The number of likely N-dealkylation sites (N-methyl/N-ethyl adjacent to an activating group) is 1. The summed E-state index contributed by atoms with van der Waals surface area (Å²) in [6, 6.07) is 0. The Morgan fingerprint density at radius 3 is 2.12 bits per heavy atom. The summed E-state index contributed by atoms with van der Waals surface area (Å²) >= 11 is 0. The Hall–Kier alpha value is -0.690. The first-order valence-electron chi connectivity index (χ1n) is 5.94. The van der Waals surface area contributed by atoms with Crippen LogP contribution in [0.4, 0.5) is 0 Å². The third-order valence-corrected chi connectivity index (χ3v) is 2.50. The Kier molecular flexibility index (Phi) is 10.0. The highest BCUT2D eigenvalue weighted by Crippen LogP contribution is 2.07. The van der Waals surface area contributed by atoms with Gasteiger partial charge in [0.1, 0.15) is 0 Å². The molecule has 0 unspecified atom stereocenters. The van der Waals surface area contributed by atoms with Crippen LogP contribution in [-0.4, -0.2) is 84.1 Å². The van der Waals surface area contributed by atoms with E-state index in [2.05, 4.69) is 0 Å². The molecule has 0 aliphatic carbocycles. The molecule has 0 bridgehead atoms. The molecule has 1 amide bonds. The van der Waals surface area contributed by atoms with Gasteiger partial charge in [-0.1, -0.05) is 0 Å². The summed E-state index contributed by atoms with van der Waals surface area (Å²) in [4.78, 5) is 14.3.